The lowest BCUT2D eigenvalue weighted by atomic mass is 10.2. The van der Waals surface area contributed by atoms with Gasteiger partial charge >= 0.3 is 0 Å². The van der Waals surface area contributed by atoms with Crippen LogP contribution in [0.15, 0.2) is 22.6 Å². The molecule has 0 fully saturated rings. The van der Waals surface area contributed by atoms with Gasteiger partial charge in [-0.1, -0.05) is 11.6 Å². The number of nitrogens with zero attached hydrogens (tertiary/aromatic N) is 1. The Labute approximate surface area is 85.9 Å². The topological polar surface area (TPSA) is 49.0 Å². The SMILES string of the molecule is CNc1oc2ccc(C#N)cc2c1Cl. The fraction of sp³-hybridized carbons (Fsp3) is 0.100. The molecule has 0 atom stereocenters. The summed E-state index contributed by atoms with van der Waals surface area (Å²) in [6.45, 7) is 0. The number of hydrogen-bond acceptors (Lipinski definition) is 3. The van der Waals surface area contributed by atoms with Crippen LogP contribution in [0.3, 0.4) is 0 Å². The standard InChI is InChI=1S/C10H7ClN2O/c1-13-10-9(11)7-4-6(5-12)2-3-8(7)14-10/h2-4,13H,1H3. The van der Waals surface area contributed by atoms with Crippen molar-refractivity contribution in [3.63, 3.8) is 0 Å². The number of benzene rings is 1. The van der Waals surface area contributed by atoms with Gasteiger partial charge in [0.15, 0.2) is 0 Å². The maximum atomic E-state index is 8.71. The molecule has 0 radical (unpaired) electrons. The average molecular weight is 207 g/mol. The Morgan fingerprint density at radius 2 is 2.29 bits per heavy atom. The Kier molecular flexibility index (Phi) is 2.06. The van der Waals surface area contributed by atoms with E-state index >= 15 is 0 Å². The van der Waals surface area contributed by atoms with Gasteiger partial charge in [-0.25, -0.2) is 0 Å². The van der Waals surface area contributed by atoms with Crippen molar-refractivity contribution in [1.29, 1.82) is 5.26 Å². The van der Waals surface area contributed by atoms with Gasteiger partial charge in [-0.2, -0.15) is 5.26 Å². The first-order valence-electron chi connectivity index (χ1n) is 4.06. The van der Waals surface area contributed by atoms with Crippen LogP contribution in [0.4, 0.5) is 5.88 Å². The summed E-state index contributed by atoms with van der Waals surface area (Å²) in [5, 5.41) is 12.8. The molecule has 0 saturated heterocycles. The van der Waals surface area contributed by atoms with Crippen LogP contribution in [-0.2, 0) is 0 Å². The molecule has 0 unspecified atom stereocenters. The van der Waals surface area contributed by atoms with Crippen LogP contribution in [-0.4, -0.2) is 7.05 Å². The van der Waals surface area contributed by atoms with Crippen molar-refractivity contribution < 1.29 is 4.42 Å². The summed E-state index contributed by atoms with van der Waals surface area (Å²) < 4.78 is 5.39. The summed E-state index contributed by atoms with van der Waals surface area (Å²) in [7, 11) is 1.73. The molecule has 0 bridgehead atoms. The van der Waals surface area contributed by atoms with Crippen LogP contribution in [0.25, 0.3) is 11.0 Å². The van der Waals surface area contributed by atoms with E-state index in [1.165, 1.54) is 0 Å². The molecule has 0 aliphatic carbocycles. The minimum atomic E-state index is 0.514. The van der Waals surface area contributed by atoms with E-state index in [2.05, 4.69) is 11.4 Å². The van der Waals surface area contributed by atoms with Crippen LogP contribution in [0.1, 0.15) is 5.56 Å². The maximum Gasteiger partial charge on any atom is 0.212 e. The fourth-order valence-corrected chi connectivity index (χ4v) is 1.58. The summed E-state index contributed by atoms with van der Waals surface area (Å²) in [5.41, 5.74) is 1.25. The second-order valence-electron chi connectivity index (χ2n) is 2.82. The summed E-state index contributed by atoms with van der Waals surface area (Å²) in [6.07, 6.45) is 0. The summed E-state index contributed by atoms with van der Waals surface area (Å²) in [5.74, 6) is 0.525. The van der Waals surface area contributed by atoms with Crippen LogP contribution in [0.5, 0.6) is 0 Å². The van der Waals surface area contributed by atoms with E-state index in [-0.39, 0.29) is 0 Å². The van der Waals surface area contributed by atoms with Crippen LogP contribution in [0, 0.1) is 11.3 Å². The van der Waals surface area contributed by atoms with Crippen molar-refractivity contribution >= 4 is 28.5 Å². The first kappa shape index (κ1) is 8.92. The van der Waals surface area contributed by atoms with Crippen LogP contribution < -0.4 is 5.32 Å². The van der Waals surface area contributed by atoms with E-state index in [9.17, 15) is 0 Å². The Bertz CT molecular complexity index is 525. The molecule has 1 heterocycles. The van der Waals surface area contributed by atoms with Gasteiger partial charge in [-0.3, -0.25) is 0 Å². The maximum absolute atomic E-state index is 8.71. The number of nitrogens with one attached hydrogen (secondary N) is 1. The Hall–Kier alpha value is -1.66. The predicted octanol–water partition coefficient (Wildman–Crippen LogP) is 3.00. The molecule has 4 heteroatoms. The number of anilines is 1. The van der Waals surface area contributed by atoms with Gasteiger partial charge in [-0.15, -0.1) is 0 Å². The second kappa shape index (κ2) is 3.24. The minimum absolute atomic E-state index is 0.514. The molecule has 2 aromatic rings. The molecule has 3 nitrogen and oxygen atoms in total. The first-order chi connectivity index (χ1) is 6.76. The van der Waals surface area contributed by atoms with E-state index in [4.69, 9.17) is 21.3 Å². The van der Waals surface area contributed by atoms with Crippen molar-refractivity contribution in [3.05, 3.63) is 28.8 Å². The van der Waals surface area contributed by atoms with Crippen molar-refractivity contribution in [3.8, 4) is 6.07 Å². The van der Waals surface area contributed by atoms with E-state index in [0.29, 0.717) is 22.1 Å². The molecule has 1 N–H and O–H groups in total. The molecule has 0 saturated carbocycles. The zero-order chi connectivity index (χ0) is 10.1. The van der Waals surface area contributed by atoms with E-state index < -0.39 is 0 Å². The highest BCUT2D eigenvalue weighted by atomic mass is 35.5. The summed E-state index contributed by atoms with van der Waals surface area (Å²) in [6, 6.07) is 7.20. The van der Waals surface area contributed by atoms with Gasteiger partial charge in [0, 0.05) is 12.4 Å². The van der Waals surface area contributed by atoms with Crippen molar-refractivity contribution in [2.24, 2.45) is 0 Å². The number of fused-ring (bicyclic) bond motifs is 1. The van der Waals surface area contributed by atoms with Crippen molar-refractivity contribution in [1.82, 2.24) is 0 Å². The molecule has 0 aliphatic rings. The van der Waals surface area contributed by atoms with E-state index in [1.54, 1.807) is 25.2 Å². The van der Waals surface area contributed by atoms with Gasteiger partial charge in [0.25, 0.3) is 0 Å². The molecule has 0 spiro atoms. The number of furan rings is 1. The minimum Gasteiger partial charge on any atom is -0.439 e. The molecular formula is C10H7ClN2O. The smallest absolute Gasteiger partial charge is 0.212 e. The fourth-order valence-electron chi connectivity index (χ4n) is 1.30. The molecule has 14 heavy (non-hydrogen) atoms. The molecule has 1 aromatic heterocycles. The molecule has 0 aliphatic heterocycles. The monoisotopic (exact) mass is 206 g/mol. The summed E-state index contributed by atoms with van der Waals surface area (Å²) >= 11 is 6.02. The molecule has 0 amide bonds. The lowest BCUT2D eigenvalue weighted by Gasteiger charge is -1.90. The Morgan fingerprint density at radius 1 is 1.50 bits per heavy atom. The summed E-state index contributed by atoms with van der Waals surface area (Å²) in [4.78, 5) is 0. The normalized spacial score (nSPS) is 10.1. The van der Waals surface area contributed by atoms with Gasteiger partial charge in [0.2, 0.25) is 5.88 Å². The second-order valence-corrected chi connectivity index (χ2v) is 3.20. The number of hydrogen-bond donors (Lipinski definition) is 1. The number of nitriles is 1. The highest BCUT2D eigenvalue weighted by Crippen LogP contribution is 2.34. The molecular weight excluding hydrogens is 200 g/mol. The van der Waals surface area contributed by atoms with E-state index in [0.717, 1.165) is 5.39 Å². The third-order valence-corrected chi connectivity index (χ3v) is 2.36. The van der Waals surface area contributed by atoms with Crippen molar-refractivity contribution in [2.45, 2.75) is 0 Å². The lowest BCUT2D eigenvalue weighted by molar-refractivity contribution is 0.632. The highest BCUT2D eigenvalue weighted by molar-refractivity contribution is 6.37. The predicted molar refractivity (Wildman–Crippen MR) is 55.5 cm³/mol. The third kappa shape index (κ3) is 1.21. The van der Waals surface area contributed by atoms with Crippen molar-refractivity contribution in [2.75, 3.05) is 12.4 Å². The van der Waals surface area contributed by atoms with Gasteiger partial charge in [0.1, 0.15) is 10.6 Å². The van der Waals surface area contributed by atoms with Crippen LogP contribution in [0.2, 0.25) is 5.02 Å². The zero-order valence-electron chi connectivity index (χ0n) is 7.47. The Balaban J connectivity index is 2.75. The first-order valence-corrected chi connectivity index (χ1v) is 4.44. The molecule has 1 aromatic carbocycles. The number of rotatable bonds is 1. The highest BCUT2D eigenvalue weighted by Gasteiger charge is 2.10. The average Bonchev–Trinajstić information content (AvgIpc) is 2.55. The van der Waals surface area contributed by atoms with Gasteiger partial charge < -0.3 is 9.73 Å². The zero-order valence-corrected chi connectivity index (χ0v) is 8.22. The number of halogens is 1. The lowest BCUT2D eigenvalue weighted by Crippen LogP contribution is -1.83. The molecule has 70 valence electrons. The van der Waals surface area contributed by atoms with Crippen LogP contribution >= 0.6 is 11.6 Å². The van der Waals surface area contributed by atoms with Gasteiger partial charge in [-0.05, 0) is 18.2 Å². The van der Waals surface area contributed by atoms with Gasteiger partial charge in [0.05, 0.1) is 11.6 Å². The molecule has 2 rings (SSSR count). The Morgan fingerprint density at radius 3 is 2.93 bits per heavy atom. The quantitative estimate of drug-likeness (QED) is 0.780. The third-order valence-electron chi connectivity index (χ3n) is 1.98. The van der Waals surface area contributed by atoms with E-state index in [1.807, 2.05) is 0 Å². The largest absolute Gasteiger partial charge is 0.439 e.